The van der Waals surface area contributed by atoms with Gasteiger partial charge in [-0.3, -0.25) is 14.8 Å². The highest BCUT2D eigenvalue weighted by Crippen LogP contribution is 2.34. The Morgan fingerprint density at radius 1 is 1.19 bits per heavy atom. The maximum atomic E-state index is 13.1. The van der Waals surface area contributed by atoms with Gasteiger partial charge in [-0.05, 0) is 61.9 Å². The Balaban J connectivity index is 1.28. The Labute approximate surface area is 180 Å². The molecule has 3 heterocycles. The van der Waals surface area contributed by atoms with E-state index in [1.165, 1.54) is 0 Å². The zero-order valence-electron chi connectivity index (χ0n) is 17.5. The largest absolute Gasteiger partial charge is 0.497 e. The first kappa shape index (κ1) is 19.6. The number of benzene rings is 2. The Kier molecular flexibility index (Phi) is 5.34. The second-order valence-corrected chi connectivity index (χ2v) is 8.01. The summed E-state index contributed by atoms with van der Waals surface area (Å²) in [5.74, 6) is 2.33. The van der Waals surface area contributed by atoms with Gasteiger partial charge in [0.25, 0.3) is 0 Å². The van der Waals surface area contributed by atoms with Crippen LogP contribution in [0.15, 0.2) is 48.7 Å². The molecule has 0 saturated carbocycles. The van der Waals surface area contributed by atoms with E-state index in [2.05, 4.69) is 15.1 Å². The number of Topliss-reactive ketones (excluding diaryl/α,β-unsaturated/α-hetero) is 1. The van der Waals surface area contributed by atoms with Crippen LogP contribution >= 0.6 is 0 Å². The summed E-state index contributed by atoms with van der Waals surface area (Å²) < 4.78 is 16.0. The van der Waals surface area contributed by atoms with Gasteiger partial charge in [-0.25, -0.2) is 0 Å². The fourth-order valence-electron chi connectivity index (χ4n) is 4.38. The molecular formula is C24H25N3O4. The number of rotatable bonds is 6. The van der Waals surface area contributed by atoms with Crippen molar-refractivity contribution in [2.45, 2.75) is 19.4 Å². The molecule has 3 aromatic rings. The minimum Gasteiger partial charge on any atom is -0.497 e. The number of ether oxygens (including phenoxy) is 3. The predicted molar refractivity (Wildman–Crippen MR) is 115 cm³/mol. The molecular weight excluding hydrogens is 394 g/mol. The van der Waals surface area contributed by atoms with E-state index in [1.807, 2.05) is 48.7 Å². The average Bonchev–Trinajstić information content (AvgIpc) is 3.48. The fourth-order valence-corrected chi connectivity index (χ4v) is 4.38. The number of nitrogens with one attached hydrogen (secondary N) is 1. The molecule has 0 radical (unpaired) electrons. The smallest absolute Gasteiger partial charge is 0.231 e. The topological polar surface area (TPSA) is 76.7 Å². The van der Waals surface area contributed by atoms with Crippen LogP contribution in [0.3, 0.4) is 0 Å². The first-order valence-corrected chi connectivity index (χ1v) is 10.5. The molecule has 2 aliphatic heterocycles. The van der Waals surface area contributed by atoms with E-state index in [4.69, 9.17) is 14.2 Å². The highest BCUT2D eigenvalue weighted by Gasteiger charge is 2.28. The molecule has 0 bridgehead atoms. The van der Waals surface area contributed by atoms with Crippen molar-refractivity contribution in [1.82, 2.24) is 15.1 Å². The maximum Gasteiger partial charge on any atom is 0.231 e. The van der Waals surface area contributed by atoms with E-state index in [9.17, 15) is 4.79 Å². The molecule has 1 saturated heterocycles. The summed E-state index contributed by atoms with van der Waals surface area (Å²) in [6.45, 7) is 2.67. The molecule has 2 aliphatic rings. The number of aromatic amines is 1. The lowest BCUT2D eigenvalue weighted by atomic mass is 9.89. The van der Waals surface area contributed by atoms with Gasteiger partial charge in [0, 0.05) is 35.7 Å². The third kappa shape index (κ3) is 4.01. The maximum absolute atomic E-state index is 13.1. The van der Waals surface area contributed by atoms with Crippen molar-refractivity contribution in [3.05, 3.63) is 59.8 Å². The summed E-state index contributed by atoms with van der Waals surface area (Å²) in [6.07, 6.45) is 3.78. The van der Waals surface area contributed by atoms with Gasteiger partial charge in [0.15, 0.2) is 17.3 Å². The van der Waals surface area contributed by atoms with Crippen LogP contribution in [0.2, 0.25) is 0 Å². The normalized spacial score (nSPS) is 18.2. The van der Waals surface area contributed by atoms with Gasteiger partial charge < -0.3 is 14.2 Å². The molecule has 2 aromatic carbocycles. The van der Waals surface area contributed by atoms with Gasteiger partial charge in [-0.15, -0.1) is 0 Å². The Morgan fingerprint density at radius 3 is 2.87 bits per heavy atom. The highest BCUT2D eigenvalue weighted by molar-refractivity contribution is 5.98. The van der Waals surface area contributed by atoms with Crippen molar-refractivity contribution in [2.75, 3.05) is 27.0 Å². The number of aromatic nitrogens is 2. The molecule has 1 atom stereocenters. The SMILES string of the molecule is COc1ccc(-c2[nH]ncc2CN2CCC[C@H](C(=O)c3ccc4c(c3)OCO4)C2)cc1. The molecule has 0 unspecified atom stereocenters. The number of carbonyl (C=O) groups is 1. The summed E-state index contributed by atoms with van der Waals surface area (Å²) >= 11 is 0. The number of methoxy groups -OCH3 is 1. The lowest BCUT2D eigenvalue weighted by Gasteiger charge is -2.32. The van der Waals surface area contributed by atoms with Crippen molar-refractivity contribution in [2.24, 2.45) is 5.92 Å². The lowest BCUT2D eigenvalue weighted by Crippen LogP contribution is -2.38. The van der Waals surface area contributed by atoms with Gasteiger partial charge in [-0.2, -0.15) is 5.10 Å². The number of nitrogens with zero attached hydrogens (tertiary/aromatic N) is 2. The van der Waals surface area contributed by atoms with Gasteiger partial charge in [-0.1, -0.05) is 0 Å². The molecule has 0 aliphatic carbocycles. The van der Waals surface area contributed by atoms with Gasteiger partial charge in [0.2, 0.25) is 6.79 Å². The molecule has 31 heavy (non-hydrogen) atoms. The van der Waals surface area contributed by atoms with Crippen LogP contribution in [0.1, 0.15) is 28.8 Å². The Bertz CT molecular complexity index is 1080. The number of piperidine rings is 1. The number of carbonyl (C=O) groups excluding carboxylic acids is 1. The van der Waals surface area contributed by atoms with Crippen LogP contribution in [-0.2, 0) is 6.54 Å². The zero-order valence-corrected chi connectivity index (χ0v) is 17.5. The van der Waals surface area contributed by atoms with Crippen LogP contribution < -0.4 is 14.2 Å². The molecule has 0 spiro atoms. The summed E-state index contributed by atoms with van der Waals surface area (Å²) in [6, 6.07) is 13.4. The molecule has 0 amide bonds. The van der Waals surface area contributed by atoms with E-state index in [-0.39, 0.29) is 18.5 Å². The van der Waals surface area contributed by atoms with Gasteiger partial charge >= 0.3 is 0 Å². The minimum absolute atomic E-state index is 0.0227. The van der Waals surface area contributed by atoms with Crippen LogP contribution in [0.4, 0.5) is 0 Å². The average molecular weight is 419 g/mol. The third-order valence-corrected chi connectivity index (χ3v) is 6.02. The molecule has 7 heteroatoms. The van der Waals surface area contributed by atoms with E-state index in [0.29, 0.717) is 17.1 Å². The molecule has 1 aromatic heterocycles. The molecule has 160 valence electrons. The lowest BCUT2D eigenvalue weighted by molar-refractivity contribution is 0.0811. The number of ketones is 1. The number of likely N-dealkylation sites (tertiary alicyclic amines) is 1. The van der Waals surface area contributed by atoms with Gasteiger partial charge in [0.1, 0.15) is 5.75 Å². The Hall–Kier alpha value is -3.32. The number of hydrogen-bond acceptors (Lipinski definition) is 6. The molecule has 1 N–H and O–H groups in total. The summed E-state index contributed by atoms with van der Waals surface area (Å²) in [5, 5.41) is 7.39. The second kappa shape index (κ2) is 8.43. The summed E-state index contributed by atoms with van der Waals surface area (Å²) in [4.78, 5) is 15.5. The summed E-state index contributed by atoms with van der Waals surface area (Å²) in [7, 11) is 1.66. The molecule has 1 fully saturated rings. The van der Waals surface area contributed by atoms with Crippen LogP contribution in [-0.4, -0.2) is 47.9 Å². The van der Waals surface area contributed by atoms with Crippen molar-refractivity contribution in [3.63, 3.8) is 0 Å². The van der Waals surface area contributed by atoms with Gasteiger partial charge in [0.05, 0.1) is 19.0 Å². The van der Waals surface area contributed by atoms with Crippen molar-refractivity contribution in [3.8, 4) is 28.5 Å². The van der Waals surface area contributed by atoms with Crippen molar-refractivity contribution >= 4 is 5.78 Å². The molecule has 7 nitrogen and oxygen atoms in total. The quantitative estimate of drug-likeness (QED) is 0.611. The van der Waals surface area contributed by atoms with Crippen molar-refractivity contribution < 1.29 is 19.0 Å². The van der Waals surface area contributed by atoms with Crippen LogP contribution in [0.5, 0.6) is 17.2 Å². The first-order chi connectivity index (χ1) is 15.2. The number of fused-ring (bicyclic) bond motifs is 1. The second-order valence-electron chi connectivity index (χ2n) is 8.01. The zero-order chi connectivity index (χ0) is 21.2. The molecule has 5 rings (SSSR count). The van der Waals surface area contributed by atoms with Crippen molar-refractivity contribution in [1.29, 1.82) is 0 Å². The minimum atomic E-state index is -0.0227. The monoisotopic (exact) mass is 419 g/mol. The first-order valence-electron chi connectivity index (χ1n) is 10.5. The standard InChI is InChI=1S/C24H25N3O4/c1-29-20-7-4-16(5-8-20)23-19(12-25-26-23)14-27-10-2-3-18(13-27)24(28)17-6-9-21-22(11-17)31-15-30-21/h4-9,11-12,18H,2-3,10,13-15H2,1H3,(H,25,26)/t18-/m0/s1. The summed E-state index contributed by atoms with van der Waals surface area (Å²) in [5.41, 5.74) is 3.89. The number of hydrogen-bond donors (Lipinski definition) is 1. The fraction of sp³-hybridized carbons (Fsp3) is 0.333. The van der Waals surface area contributed by atoms with E-state index >= 15 is 0 Å². The van der Waals surface area contributed by atoms with E-state index < -0.39 is 0 Å². The Morgan fingerprint density at radius 2 is 2.03 bits per heavy atom. The van der Waals surface area contributed by atoms with E-state index in [0.717, 1.165) is 55.0 Å². The van der Waals surface area contributed by atoms with Crippen LogP contribution in [0, 0.1) is 5.92 Å². The third-order valence-electron chi connectivity index (χ3n) is 6.02. The highest BCUT2D eigenvalue weighted by atomic mass is 16.7. The van der Waals surface area contributed by atoms with Crippen LogP contribution in [0.25, 0.3) is 11.3 Å². The predicted octanol–water partition coefficient (Wildman–Crippen LogP) is 3.91. The number of H-pyrrole nitrogens is 1. The van der Waals surface area contributed by atoms with E-state index in [1.54, 1.807) is 7.11 Å².